The molecule has 0 unspecified atom stereocenters. The molecule has 2 rings (SSSR count). The van der Waals surface area contributed by atoms with Crippen LogP contribution in [0, 0.1) is 6.92 Å². The van der Waals surface area contributed by atoms with Crippen molar-refractivity contribution in [3.63, 3.8) is 0 Å². The molecule has 0 saturated heterocycles. The molecule has 1 N–H and O–H groups in total. The summed E-state index contributed by atoms with van der Waals surface area (Å²) in [6.07, 6.45) is 4.73. The number of hydrazone groups is 1. The Hall–Kier alpha value is -2.49. The standard InChI is InChI=1S/C14H13N3O/c1-11-4-2-5-12(8-11)9-16-17-14(18)13-6-3-7-15-10-13/h2-10H,1H3,(H,17,18)/b16-9+. The number of amides is 1. The number of aryl methyl sites for hydroxylation is 1. The molecular formula is C14H13N3O. The summed E-state index contributed by atoms with van der Waals surface area (Å²) >= 11 is 0. The normalized spacial score (nSPS) is 10.5. The largest absolute Gasteiger partial charge is 0.272 e. The number of aromatic nitrogens is 1. The molecule has 1 aromatic heterocycles. The Morgan fingerprint density at radius 3 is 2.94 bits per heavy atom. The van der Waals surface area contributed by atoms with Crippen LogP contribution in [0.15, 0.2) is 53.9 Å². The van der Waals surface area contributed by atoms with Crippen LogP contribution in [0.4, 0.5) is 0 Å². The highest BCUT2D eigenvalue weighted by molar-refractivity contribution is 5.94. The van der Waals surface area contributed by atoms with Gasteiger partial charge in [-0.15, -0.1) is 0 Å². The molecule has 4 nitrogen and oxygen atoms in total. The molecule has 0 atom stereocenters. The van der Waals surface area contributed by atoms with E-state index in [2.05, 4.69) is 15.5 Å². The Morgan fingerprint density at radius 1 is 1.33 bits per heavy atom. The van der Waals surface area contributed by atoms with Gasteiger partial charge in [-0.05, 0) is 24.6 Å². The van der Waals surface area contributed by atoms with Crippen LogP contribution in [0.1, 0.15) is 21.5 Å². The molecule has 0 radical (unpaired) electrons. The molecule has 2 aromatic rings. The van der Waals surface area contributed by atoms with Crippen LogP contribution in [-0.2, 0) is 0 Å². The zero-order valence-corrected chi connectivity index (χ0v) is 10.00. The summed E-state index contributed by atoms with van der Waals surface area (Å²) in [7, 11) is 0. The average molecular weight is 239 g/mol. The predicted octanol–water partition coefficient (Wildman–Crippen LogP) is 2.15. The van der Waals surface area contributed by atoms with Crippen LogP contribution in [-0.4, -0.2) is 17.1 Å². The number of carbonyl (C=O) groups is 1. The summed E-state index contributed by atoms with van der Waals surface area (Å²) in [4.78, 5) is 15.5. The number of benzene rings is 1. The first-order chi connectivity index (χ1) is 8.75. The summed E-state index contributed by atoms with van der Waals surface area (Å²) < 4.78 is 0. The first-order valence-corrected chi connectivity index (χ1v) is 5.56. The highest BCUT2D eigenvalue weighted by Gasteiger charge is 2.02. The minimum absolute atomic E-state index is 0.271. The molecular weight excluding hydrogens is 226 g/mol. The second-order valence-electron chi connectivity index (χ2n) is 3.85. The zero-order chi connectivity index (χ0) is 12.8. The summed E-state index contributed by atoms with van der Waals surface area (Å²) in [6.45, 7) is 2.01. The quantitative estimate of drug-likeness (QED) is 0.659. The summed E-state index contributed by atoms with van der Waals surface area (Å²) in [5.74, 6) is -0.271. The van der Waals surface area contributed by atoms with E-state index in [0.29, 0.717) is 5.56 Å². The lowest BCUT2D eigenvalue weighted by atomic mass is 10.2. The maximum atomic E-state index is 11.6. The van der Waals surface area contributed by atoms with Crippen molar-refractivity contribution in [1.29, 1.82) is 0 Å². The van der Waals surface area contributed by atoms with Crippen molar-refractivity contribution in [3.8, 4) is 0 Å². The molecule has 18 heavy (non-hydrogen) atoms. The van der Waals surface area contributed by atoms with Gasteiger partial charge in [0.25, 0.3) is 5.91 Å². The molecule has 0 aliphatic carbocycles. The van der Waals surface area contributed by atoms with Crippen LogP contribution in [0.25, 0.3) is 0 Å². The number of nitrogens with one attached hydrogen (secondary N) is 1. The Labute approximate surface area is 105 Å². The number of carbonyl (C=O) groups excluding carboxylic acids is 1. The van der Waals surface area contributed by atoms with E-state index in [1.807, 2.05) is 31.2 Å². The Balaban J connectivity index is 1.98. The van der Waals surface area contributed by atoms with E-state index in [0.717, 1.165) is 11.1 Å². The van der Waals surface area contributed by atoms with Gasteiger partial charge < -0.3 is 0 Å². The first-order valence-electron chi connectivity index (χ1n) is 5.56. The first kappa shape index (κ1) is 12.0. The van der Waals surface area contributed by atoms with Crippen LogP contribution in [0.2, 0.25) is 0 Å². The van der Waals surface area contributed by atoms with E-state index in [-0.39, 0.29) is 5.91 Å². The van der Waals surface area contributed by atoms with Crippen molar-refractivity contribution in [2.75, 3.05) is 0 Å². The van der Waals surface area contributed by atoms with Crippen LogP contribution in [0.3, 0.4) is 0 Å². The molecule has 4 heteroatoms. The number of rotatable bonds is 3. The summed E-state index contributed by atoms with van der Waals surface area (Å²) in [6, 6.07) is 11.3. The third-order valence-corrected chi connectivity index (χ3v) is 2.35. The Bertz CT molecular complexity index is 564. The van der Waals surface area contributed by atoms with Gasteiger partial charge in [0.1, 0.15) is 0 Å². The van der Waals surface area contributed by atoms with Crippen LogP contribution >= 0.6 is 0 Å². The topological polar surface area (TPSA) is 54.4 Å². The molecule has 0 fully saturated rings. The minimum atomic E-state index is -0.271. The van der Waals surface area contributed by atoms with Crippen molar-refractivity contribution in [2.45, 2.75) is 6.92 Å². The van der Waals surface area contributed by atoms with Gasteiger partial charge in [0.05, 0.1) is 11.8 Å². The molecule has 90 valence electrons. The third-order valence-electron chi connectivity index (χ3n) is 2.35. The minimum Gasteiger partial charge on any atom is -0.267 e. The van der Waals surface area contributed by atoms with Crippen molar-refractivity contribution in [1.82, 2.24) is 10.4 Å². The fourth-order valence-corrected chi connectivity index (χ4v) is 1.48. The maximum Gasteiger partial charge on any atom is 0.272 e. The molecule has 0 saturated carbocycles. The van der Waals surface area contributed by atoms with E-state index in [4.69, 9.17) is 0 Å². The van der Waals surface area contributed by atoms with Gasteiger partial charge >= 0.3 is 0 Å². The van der Waals surface area contributed by atoms with Crippen molar-refractivity contribution in [3.05, 3.63) is 65.5 Å². The van der Waals surface area contributed by atoms with Gasteiger partial charge in [0, 0.05) is 12.4 Å². The molecule has 0 spiro atoms. The predicted molar refractivity (Wildman–Crippen MR) is 70.5 cm³/mol. The van der Waals surface area contributed by atoms with Gasteiger partial charge in [-0.1, -0.05) is 29.8 Å². The van der Waals surface area contributed by atoms with Gasteiger partial charge in [0.2, 0.25) is 0 Å². The van der Waals surface area contributed by atoms with E-state index in [9.17, 15) is 4.79 Å². The smallest absolute Gasteiger partial charge is 0.267 e. The Kier molecular flexibility index (Phi) is 3.81. The maximum absolute atomic E-state index is 11.6. The lowest BCUT2D eigenvalue weighted by Gasteiger charge is -1.98. The number of pyridine rings is 1. The van der Waals surface area contributed by atoms with Gasteiger partial charge in [-0.25, -0.2) is 5.43 Å². The molecule has 0 aliphatic rings. The highest BCUT2D eigenvalue weighted by atomic mass is 16.2. The van der Waals surface area contributed by atoms with E-state index in [1.54, 1.807) is 24.5 Å². The lowest BCUT2D eigenvalue weighted by molar-refractivity contribution is 0.0955. The second kappa shape index (κ2) is 5.72. The highest BCUT2D eigenvalue weighted by Crippen LogP contribution is 2.00. The number of hydrogen-bond donors (Lipinski definition) is 1. The van der Waals surface area contributed by atoms with Crippen molar-refractivity contribution < 1.29 is 4.79 Å². The fraction of sp³-hybridized carbons (Fsp3) is 0.0714. The van der Waals surface area contributed by atoms with Gasteiger partial charge in [0.15, 0.2) is 0 Å². The zero-order valence-electron chi connectivity index (χ0n) is 10.00. The fourth-order valence-electron chi connectivity index (χ4n) is 1.48. The van der Waals surface area contributed by atoms with Crippen LogP contribution < -0.4 is 5.43 Å². The average Bonchev–Trinajstić information content (AvgIpc) is 2.40. The van der Waals surface area contributed by atoms with Gasteiger partial charge in [-0.2, -0.15) is 5.10 Å². The molecule has 1 aromatic carbocycles. The molecule has 0 aliphatic heterocycles. The van der Waals surface area contributed by atoms with Crippen molar-refractivity contribution in [2.24, 2.45) is 5.10 Å². The summed E-state index contributed by atoms with van der Waals surface area (Å²) in [5.41, 5.74) is 5.04. The van der Waals surface area contributed by atoms with Gasteiger partial charge in [-0.3, -0.25) is 9.78 Å². The third kappa shape index (κ3) is 3.25. The molecule has 1 amide bonds. The van der Waals surface area contributed by atoms with E-state index in [1.165, 1.54) is 6.20 Å². The molecule has 0 bridgehead atoms. The molecule has 1 heterocycles. The summed E-state index contributed by atoms with van der Waals surface area (Å²) in [5, 5.41) is 3.91. The Morgan fingerprint density at radius 2 is 2.22 bits per heavy atom. The lowest BCUT2D eigenvalue weighted by Crippen LogP contribution is -2.17. The van der Waals surface area contributed by atoms with Crippen molar-refractivity contribution >= 4 is 12.1 Å². The van der Waals surface area contributed by atoms with Crippen LogP contribution in [0.5, 0.6) is 0 Å². The SMILES string of the molecule is Cc1cccc(/C=N/NC(=O)c2cccnc2)c1. The number of hydrogen-bond acceptors (Lipinski definition) is 3. The second-order valence-corrected chi connectivity index (χ2v) is 3.85. The monoisotopic (exact) mass is 239 g/mol. The van der Waals surface area contributed by atoms with E-state index < -0.39 is 0 Å². The van der Waals surface area contributed by atoms with E-state index >= 15 is 0 Å². The number of nitrogens with zero attached hydrogens (tertiary/aromatic N) is 2.